The molecule has 4 heteroatoms. The van der Waals surface area contributed by atoms with Gasteiger partial charge in [0.25, 0.3) is 0 Å². The minimum absolute atomic E-state index is 0.249. The predicted molar refractivity (Wildman–Crippen MR) is 69.0 cm³/mol. The van der Waals surface area contributed by atoms with Crippen molar-refractivity contribution < 1.29 is 0 Å². The molecule has 88 valence electrons. The molecule has 1 atom stereocenters. The van der Waals surface area contributed by atoms with Gasteiger partial charge < -0.3 is 10.6 Å². The molecule has 1 aromatic heterocycles. The van der Waals surface area contributed by atoms with Crippen LogP contribution in [0.3, 0.4) is 0 Å². The number of fused-ring (bicyclic) bond motifs is 1. The van der Waals surface area contributed by atoms with Gasteiger partial charge in [0.1, 0.15) is 0 Å². The Morgan fingerprint density at radius 3 is 3.06 bits per heavy atom. The summed E-state index contributed by atoms with van der Waals surface area (Å²) >= 11 is 0. The summed E-state index contributed by atoms with van der Waals surface area (Å²) in [5, 5.41) is 1.08. The molecule has 1 aromatic carbocycles. The summed E-state index contributed by atoms with van der Waals surface area (Å²) in [5.41, 5.74) is 6.97. The van der Waals surface area contributed by atoms with Crippen LogP contribution in [0.2, 0.25) is 0 Å². The third-order valence-electron chi connectivity index (χ3n) is 3.22. The molecule has 2 aromatic rings. The highest BCUT2D eigenvalue weighted by atomic mass is 15.3. The van der Waals surface area contributed by atoms with Crippen molar-refractivity contribution in [1.82, 2.24) is 9.97 Å². The highest BCUT2D eigenvalue weighted by Gasteiger charge is 2.18. The molecular weight excluding hydrogens is 212 g/mol. The number of nitrogens with zero attached hydrogens (tertiary/aromatic N) is 3. The average molecular weight is 228 g/mol. The first-order valence-electron chi connectivity index (χ1n) is 6.05. The number of piperidine rings is 1. The topological polar surface area (TPSA) is 55.0 Å². The van der Waals surface area contributed by atoms with Crippen molar-refractivity contribution in [3.05, 3.63) is 30.5 Å². The zero-order valence-electron chi connectivity index (χ0n) is 9.71. The molecule has 0 amide bonds. The Balaban J connectivity index is 1.94. The third-order valence-corrected chi connectivity index (χ3v) is 3.22. The van der Waals surface area contributed by atoms with Gasteiger partial charge in [-0.25, -0.2) is 9.97 Å². The minimum Gasteiger partial charge on any atom is -0.339 e. The van der Waals surface area contributed by atoms with Gasteiger partial charge >= 0.3 is 0 Å². The van der Waals surface area contributed by atoms with Crippen LogP contribution < -0.4 is 10.6 Å². The van der Waals surface area contributed by atoms with Crippen molar-refractivity contribution in [3.8, 4) is 0 Å². The summed E-state index contributed by atoms with van der Waals surface area (Å²) in [6, 6.07) is 8.30. The van der Waals surface area contributed by atoms with Crippen molar-refractivity contribution in [2.45, 2.75) is 18.9 Å². The van der Waals surface area contributed by atoms with Gasteiger partial charge in [-0.2, -0.15) is 0 Å². The number of aromatic nitrogens is 2. The maximum absolute atomic E-state index is 5.98. The Morgan fingerprint density at radius 2 is 2.18 bits per heavy atom. The van der Waals surface area contributed by atoms with Gasteiger partial charge in [-0.1, -0.05) is 18.2 Å². The van der Waals surface area contributed by atoms with Crippen molar-refractivity contribution in [1.29, 1.82) is 0 Å². The van der Waals surface area contributed by atoms with Crippen molar-refractivity contribution >= 4 is 16.9 Å². The lowest BCUT2D eigenvalue weighted by Crippen LogP contribution is -2.43. The van der Waals surface area contributed by atoms with Gasteiger partial charge in [0.2, 0.25) is 5.95 Å². The summed E-state index contributed by atoms with van der Waals surface area (Å²) in [4.78, 5) is 11.2. The van der Waals surface area contributed by atoms with Gasteiger partial charge in [0.15, 0.2) is 0 Å². The van der Waals surface area contributed by atoms with E-state index in [1.165, 1.54) is 0 Å². The van der Waals surface area contributed by atoms with Crippen LogP contribution in [-0.4, -0.2) is 29.1 Å². The van der Waals surface area contributed by atoms with E-state index < -0.39 is 0 Å². The molecule has 2 heterocycles. The molecule has 0 radical (unpaired) electrons. The standard InChI is InChI=1S/C13H16N4/c14-11-5-3-7-17(9-11)13-15-8-10-4-1-2-6-12(10)16-13/h1-2,4,6,8,11H,3,5,7,9,14H2/t11-/m1/s1. The maximum atomic E-state index is 5.98. The Bertz CT molecular complexity index is 526. The second kappa shape index (κ2) is 4.30. The molecule has 0 spiro atoms. The Labute approximate surface area is 100 Å². The number of nitrogens with two attached hydrogens (primary N) is 1. The molecule has 1 aliphatic heterocycles. The van der Waals surface area contributed by atoms with Crippen LogP contribution in [0.25, 0.3) is 10.9 Å². The number of hydrogen-bond donors (Lipinski definition) is 1. The molecule has 1 aliphatic rings. The first kappa shape index (κ1) is 10.5. The van der Waals surface area contributed by atoms with Gasteiger partial charge in [-0.3, -0.25) is 0 Å². The molecule has 4 nitrogen and oxygen atoms in total. The summed E-state index contributed by atoms with van der Waals surface area (Å²) in [7, 11) is 0. The molecule has 1 fully saturated rings. The lowest BCUT2D eigenvalue weighted by Gasteiger charge is -2.30. The third kappa shape index (κ3) is 2.08. The Morgan fingerprint density at radius 1 is 1.29 bits per heavy atom. The molecule has 3 rings (SSSR count). The fourth-order valence-electron chi connectivity index (χ4n) is 2.31. The van der Waals surface area contributed by atoms with E-state index in [1.807, 2.05) is 30.5 Å². The molecule has 17 heavy (non-hydrogen) atoms. The molecule has 0 bridgehead atoms. The van der Waals surface area contributed by atoms with E-state index in [0.29, 0.717) is 0 Å². The van der Waals surface area contributed by atoms with E-state index in [2.05, 4.69) is 14.9 Å². The second-order valence-corrected chi connectivity index (χ2v) is 4.58. The number of para-hydroxylation sites is 1. The predicted octanol–water partition coefficient (Wildman–Crippen LogP) is 1.56. The number of hydrogen-bond acceptors (Lipinski definition) is 4. The molecule has 0 unspecified atom stereocenters. The summed E-state index contributed by atoms with van der Waals surface area (Å²) < 4.78 is 0. The number of anilines is 1. The van der Waals surface area contributed by atoms with Gasteiger partial charge in [-0.05, 0) is 18.9 Å². The quantitative estimate of drug-likeness (QED) is 0.804. The summed E-state index contributed by atoms with van der Waals surface area (Å²) in [6.07, 6.45) is 4.11. The molecule has 0 saturated carbocycles. The van der Waals surface area contributed by atoms with Gasteiger partial charge in [-0.15, -0.1) is 0 Å². The highest BCUT2D eigenvalue weighted by molar-refractivity contribution is 5.78. The first-order valence-corrected chi connectivity index (χ1v) is 6.05. The van der Waals surface area contributed by atoms with E-state index in [-0.39, 0.29) is 6.04 Å². The van der Waals surface area contributed by atoms with Crippen LogP contribution in [0.5, 0.6) is 0 Å². The van der Waals surface area contributed by atoms with E-state index in [0.717, 1.165) is 42.8 Å². The largest absolute Gasteiger partial charge is 0.339 e. The van der Waals surface area contributed by atoms with Crippen LogP contribution in [0.4, 0.5) is 5.95 Å². The van der Waals surface area contributed by atoms with Crippen molar-refractivity contribution in [3.63, 3.8) is 0 Å². The van der Waals surface area contributed by atoms with Crippen molar-refractivity contribution in [2.24, 2.45) is 5.73 Å². The Hall–Kier alpha value is -1.68. The van der Waals surface area contributed by atoms with E-state index in [4.69, 9.17) is 5.73 Å². The summed E-state index contributed by atoms with van der Waals surface area (Å²) in [6.45, 7) is 1.87. The molecule has 1 saturated heterocycles. The first-order chi connectivity index (χ1) is 8.33. The van der Waals surface area contributed by atoms with Crippen LogP contribution in [0, 0.1) is 0 Å². The SMILES string of the molecule is N[C@@H]1CCCN(c2ncc3ccccc3n2)C1. The van der Waals surface area contributed by atoms with E-state index in [1.54, 1.807) is 0 Å². The van der Waals surface area contributed by atoms with Crippen LogP contribution >= 0.6 is 0 Å². The lowest BCUT2D eigenvalue weighted by molar-refractivity contribution is 0.500. The van der Waals surface area contributed by atoms with E-state index >= 15 is 0 Å². The number of benzene rings is 1. The van der Waals surface area contributed by atoms with Crippen LogP contribution in [0.1, 0.15) is 12.8 Å². The average Bonchev–Trinajstić information content (AvgIpc) is 2.38. The van der Waals surface area contributed by atoms with Gasteiger partial charge in [0, 0.05) is 30.7 Å². The second-order valence-electron chi connectivity index (χ2n) is 4.58. The fraction of sp³-hybridized carbons (Fsp3) is 0.385. The zero-order valence-corrected chi connectivity index (χ0v) is 9.71. The molecule has 0 aliphatic carbocycles. The smallest absolute Gasteiger partial charge is 0.225 e. The maximum Gasteiger partial charge on any atom is 0.225 e. The monoisotopic (exact) mass is 228 g/mol. The molecular formula is C13H16N4. The fourth-order valence-corrected chi connectivity index (χ4v) is 2.31. The normalized spacial score (nSPS) is 20.8. The number of rotatable bonds is 1. The minimum atomic E-state index is 0.249. The highest BCUT2D eigenvalue weighted by Crippen LogP contribution is 2.18. The van der Waals surface area contributed by atoms with Crippen LogP contribution in [0.15, 0.2) is 30.5 Å². The summed E-state index contributed by atoms with van der Waals surface area (Å²) in [5.74, 6) is 0.804. The molecule has 2 N–H and O–H groups in total. The van der Waals surface area contributed by atoms with E-state index in [9.17, 15) is 0 Å². The zero-order chi connectivity index (χ0) is 11.7. The lowest BCUT2D eigenvalue weighted by atomic mass is 10.1. The van der Waals surface area contributed by atoms with Crippen molar-refractivity contribution in [2.75, 3.05) is 18.0 Å². The Kier molecular flexibility index (Phi) is 2.65. The van der Waals surface area contributed by atoms with Crippen LogP contribution in [-0.2, 0) is 0 Å². The van der Waals surface area contributed by atoms with Gasteiger partial charge in [0.05, 0.1) is 5.52 Å².